The van der Waals surface area contributed by atoms with Gasteiger partial charge in [-0.3, -0.25) is 10.6 Å². The maximum atomic E-state index is 11.9. The van der Waals surface area contributed by atoms with Gasteiger partial charge >= 0.3 is 6.03 Å². The SMILES string of the molecule is COc1cc(CSc2nnc(NC(=O)Nc3cccs3)s2)cc(OC)c1. The number of benzene rings is 1. The molecule has 10 heteroatoms. The van der Waals surface area contributed by atoms with Crippen LogP contribution < -0.4 is 20.1 Å². The number of thiophene rings is 1. The van der Waals surface area contributed by atoms with Crippen LogP contribution in [0, 0.1) is 0 Å². The molecule has 3 aromatic rings. The second-order valence-electron chi connectivity index (χ2n) is 4.94. The monoisotopic (exact) mass is 408 g/mol. The Hall–Kier alpha value is -2.30. The van der Waals surface area contributed by atoms with E-state index in [1.54, 1.807) is 14.2 Å². The first kappa shape index (κ1) is 18.5. The molecule has 0 aliphatic rings. The maximum Gasteiger partial charge on any atom is 0.326 e. The summed E-state index contributed by atoms with van der Waals surface area (Å²) >= 11 is 4.30. The van der Waals surface area contributed by atoms with Crippen LogP contribution in [0.5, 0.6) is 11.5 Å². The van der Waals surface area contributed by atoms with Crippen molar-refractivity contribution >= 4 is 50.6 Å². The van der Waals surface area contributed by atoms with E-state index in [0.717, 1.165) is 26.4 Å². The molecule has 0 aliphatic carbocycles. The minimum absolute atomic E-state index is 0.335. The van der Waals surface area contributed by atoms with E-state index in [1.165, 1.54) is 34.4 Å². The molecule has 136 valence electrons. The lowest BCUT2D eigenvalue weighted by Crippen LogP contribution is -2.18. The van der Waals surface area contributed by atoms with E-state index in [1.807, 2.05) is 35.7 Å². The van der Waals surface area contributed by atoms with Gasteiger partial charge in [-0.15, -0.1) is 21.5 Å². The number of thioether (sulfide) groups is 1. The van der Waals surface area contributed by atoms with Gasteiger partial charge in [0.25, 0.3) is 0 Å². The smallest absolute Gasteiger partial charge is 0.326 e. The summed E-state index contributed by atoms with van der Waals surface area (Å²) in [5.74, 6) is 2.17. The molecule has 3 rings (SSSR count). The summed E-state index contributed by atoms with van der Waals surface area (Å²) in [5, 5.41) is 16.6. The summed E-state index contributed by atoms with van der Waals surface area (Å²) in [7, 11) is 3.24. The molecule has 2 N–H and O–H groups in total. The van der Waals surface area contributed by atoms with Crippen LogP contribution in [0.3, 0.4) is 0 Å². The van der Waals surface area contributed by atoms with E-state index in [-0.39, 0.29) is 6.03 Å². The zero-order valence-corrected chi connectivity index (χ0v) is 16.5. The highest BCUT2D eigenvalue weighted by Gasteiger charge is 2.10. The molecule has 0 unspecified atom stereocenters. The summed E-state index contributed by atoms with van der Waals surface area (Å²) < 4.78 is 11.3. The second-order valence-corrected chi connectivity index (χ2v) is 8.09. The van der Waals surface area contributed by atoms with E-state index in [0.29, 0.717) is 10.9 Å². The van der Waals surface area contributed by atoms with Crippen LogP contribution in [0.1, 0.15) is 5.56 Å². The third-order valence-corrected chi connectivity index (χ3v) is 5.99. The molecule has 2 heterocycles. The van der Waals surface area contributed by atoms with Gasteiger partial charge in [-0.25, -0.2) is 4.79 Å². The molecule has 0 bridgehead atoms. The van der Waals surface area contributed by atoms with E-state index < -0.39 is 0 Å². The van der Waals surface area contributed by atoms with Gasteiger partial charge in [-0.2, -0.15) is 0 Å². The Balaban J connectivity index is 1.56. The molecule has 0 aliphatic heterocycles. The molecule has 0 fully saturated rings. The Kier molecular flexibility index (Phi) is 6.31. The standard InChI is InChI=1S/C16H16N4O3S3/c1-22-11-6-10(7-12(8-11)23-2)9-25-16-20-19-15(26-16)18-14(21)17-13-4-3-5-24-13/h3-8H,9H2,1-2H3,(H2,17,18,19,21). The molecule has 26 heavy (non-hydrogen) atoms. The fourth-order valence-corrected chi connectivity index (χ4v) is 4.29. The Bertz CT molecular complexity index is 845. The maximum absolute atomic E-state index is 11.9. The van der Waals surface area contributed by atoms with Crippen molar-refractivity contribution < 1.29 is 14.3 Å². The van der Waals surface area contributed by atoms with Crippen LogP contribution in [-0.2, 0) is 5.75 Å². The lowest BCUT2D eigenvalue weighted by molar-refractivity contribution is 0.262. The number of amides is 2. The summed E-state index contributed by atoms with van der Waals surface area (Å²) in [6.07, 6.45) is 0. The first-order chi connectivity index (χ1) is 12.7. The number of carbonyl (C=O) groups is 1. The summed E-state index contributed by atoms with van der Waals surface area (Å²) in [5.41, 5.74) is 1.05. The van der Waals surface area contributed by atoms with Crippen LogP contribution in [0.15, 0.2) is 40.1 Å². The van der Waals surface area contributed by atoms with Crippen molar-refractivity contribution in [1.29, 1.82) is 0 Å². The fourth-order valence-electron chi connectivity index (χ4n) is 2.00. The molecule has 2 aromatic heterocycles. The van der Waals surface area contributed by atoms with Gasteiger partial charge in [-0.05, 0) is 35.2 Å². The molecule has 7 nitrogen and oxygen atoms in total. The van der Waals surface area contributed by atoms with Crippen LogP contribution in [-0.4, -0.2) is 30.4 Å². The molecule has 2 amide bonds. The van der Waals surface area contributed by atoms with Gasteiger partial charge in [0, 0.05) is 11.8 Å². The van der Waals surface area contributed by atoms with Gasteiger partial charge in [0.15, 0.2) is 4.34 Å². The lowest BCUT2D eigenvalue weighted by atomic mass is 10.2. The number of anilines is 2. The van der Waals surface area contributed by atoms with Crippen molar-refractivity contribution in [2.75, 3.05) is 24.9 Å². The zero-order chi connectivity index (χ0) is 18.4. The van der Waals surface area contributed by atoms with Gasteiger partial charge in [0.2, 0.25) is 5.13 Å². The van der Waals surface area contributed by atoms with Crippen LogP contribution in [0.2, 0.25) is 0 Å². The molecule has 0 spiro atoms. The number of methoxy groups -OCH3 is 2. The third kappa shape index (κ3) is 5.10. The van der Waals surface area contributed by atoms with Crippen molar-refractivity contribution in [1.82, 2.24) is 10.2 Å². The number of carbonyl (C=O) groups excluding carboxylic acids is 1. The predicted molar refractivity (Wildman–Crippen MR) is 106 cm³/mol. The number of nitrogens with zero attached hydrogens (tertiary/aromatic N) is 2. The minimum atomic E-state index is -0.335. The van der Waals surface area contributed by atoms with Gasteiger partial charge in [0.1, 0.15) is 11.5 Å². The van der Waals surface area contributed by atoms with E-state index in [2.05, 4.69) is 20.8 Å². The summed E-state index contributed by atoms with van der Waals surface area (Å²) in [4.78, 5) is 11.9. The van der Waals surface area contributed by atoms with Crippen LogP contribution in [0.25, 0.3) is 0 Å². The summed E-state index contributed by atoms with van der Waals surface area (Å²) in [6.45, 7) is 0. The average Bonchev–Trinajstić information content (AvgIpc) is 3.31. The molecular formula is C16H16N4O3S3. The Morgan fingerprint density at radius 3 is 2.58 bits per heavy atom. The average molecular weight is 409 g/mol. The van der Waals surface area contributed by atoms with Crippen molar-refractivity contribution in [3.63, 3.8) is 0 Å². The quantitative estimate of drug-likeness (QED) is 0.441. The second kappa shape index (κ2) is 8.88. The van der Waals surface area contributed by atoms with Crippen LogP contribution in [0.4, 0.5) is 14.9 Å². The molecular weight excluding hydrogens is 392 g/mol. The summed E-state index contributed by atoms with van der Waals surface area (Å²) in [6, 6.07) is 9.08. The van der Waals surface area contributed by atoms with Gasteiger partial charge in [0.05, 0.1) is 19.2 Å². The number of ether oxygens (including phenoxy) is 2. The first-order valence-corrected chi connectivity index (χ1v) is 10.1. The molecule has 0 saturated carbocycles. The Morgan fingerprint density at radius 2 is 1.92 bits per heavy atom. The number of hydrogen-bond donors (Lipinski definition) is 2. The minimum Gasteiger partial charge on any atom is -0.497 e. The normalized spacial score (nSPS) is 10.4. The van der Waals surface area contributed by atoms with Crippen molar-refractivity contribution in [2.45, 2.75) is 10.1 Å². The predicted octanol–water partition coefficient (Wildman–Crippen LogP) is 4.55. The van der Waals surface area contributed by atoms with Gasteiger partial charge in [-0.1, -0.05) is 23.1 Å². The molecule has 0 radical (unpaired) electrons. The highest BCUT2D eigenvalue weighted by molar-refractivity contribution is 8.00. The Morgan fingerprint density at radius 1 is 1.15 bits per heavy atom. The van der Waals surface area contributed by atoms with Crippen molar-refractivity contribution in [3.8, 4) is 11.5 Å². The third-order valence-electron chi connectivity index (χ3n) is 3.16. The van der Waals surface area contributed by atoms with Crippen LogP contribution >= 0.6 is 34.4 Å². The molecule has 0 atom stereocenters. The van der Waals surface area contributed by atoms with E-state index in [9.17, 15) is 4.79 Å². The largest absolute Gasteiger partial charge is 0.497 e. The van der Waals surface area contributed by atoms with E-state index >= 15 is 0 Å². The Labute approximate surface area is 162 Å². The molecule has 0 saturated heterocycles. The number of rotatable bonds is 7. The highest BCUT2D eigenvalue weighted by Crippen LogP contribution is 2.31. The lowest BCUT2D eigenvalue weighted by Gasteiger charge is -2.07. The topological polar surface area (TPSA) is 85.4 Å². The van der Waals surface area contributed by atoms with Crippen molar-refractivity contribution in [3.05, 3.63) is 41.3 Å². The number of urea groups is 1. The van der Waals surface area contributed by atoms with Gasteiger partial charge < -0.3 is 9.47 Å². The van der Waals surface area contributed by atoms with Crippen molar-refractivity contribution in [2.24, 2.45) is 0 Å². The molecule has 1 aromatic carbocycles. The highest BCUT2D eigenvalue weighted by atomic mass is 32.2. The zero-order valence-electron chi connectivity index (χ0n) is 14.0. The fraction of sp³-hybridized carbons (Fsp3) is 0.188. The number of aromatic nitrogens is 2. The number of nitrogens with one attached hydrogen (secondary N) is 2. The first-order valence-electron chi connectivity index (χ1n) is 7.46. The van der Waals surface area contributed by atoms with E-state index in [4.69, 9.17) is 9.47 Å². The number of hydrogen-bond acceptors (Lipinski definition) is 8.